The van der Waals surface area contributed by atoms with Crippen molar-refractivity contribution in [3.8, 4) is 0 Å². The van der Waals surface area contributed by atoms with Crippen LogP contribution in [-0.4, -0.2) is 56.5 Å². The minimum absolute atomic E-state index is 0.168. The molecule has 0 saturated carbocycles. The van der Waals surface area contributed by atoms with Crippen LogP contribution >= 0.6 is 0 Å². The summed E-state index contributed by atoms with van der Waals surface area (Å²) in [5.74, 6) is 0. The van der Waals surface area contributed by atoms with Crippen molar-refractivity contribution in [2.24, 2.45) is 0 Å². The first kappa shape index (κ1) is 14.8. The molecule has 0 bridgehead atoms. The maximum absolute atomic E-state index is 12.5. The SMILES string of the molecule is CCN(C(=O)N1CCCC(n2ccnn2)CC1)C(C)C. The van der Waals surface area contributed by atoms with E-state index in [0.717, 1.165) is 38.9 Å². The maximum Gasteiger partial charge on any atom is 0.320 e. The molecule has 1 aromatic heterocycles. The smallest absolute Gasteiger partial charge is 0.320 e. The number of amides is 2. The first-order valence-corrected chi connectivity index (χ1v) is 7.54. The quantitative estimate of drug-likeness (QED) is 0.852. The lowest BCUT2D eigenvalue weighted by Crippen LogP contribution is -2.46. The van der Waals surface area contributed by atoms with Gasteiger partial charge in [-0.05, 0) is 40.0 Å². The second-order valence-electron chi connectivity index (χ2n) is 5.62. The zero-order chi connectivity index (χ0) is 14.5. The Morgan fingerprint density at radius 3 is 2.80 bits per heavy atom. The van der Waals surface area contributed by atoms with Crippen LogP contribution in [0.3, 0.4) is 0 Å². The highest BCUT2D eigenvalue weighted by Crippen LogP contribution is 2.22. The van der Waals surface area contributed by atoms with Crippen LogP contribution in [0.5, 0.6) is 0 Å². The number of nitrogens with zero attached hydrogens (tertiary/aromatic N) is 5. The van der Waals surface area contributed by atoms with Gasteiger partial charge in [0.25, 0.3) is 0 Å². The van der Waals surface area contributed by atoms with Crippen LogP contribution in [0.25, 0.3) is 0 Å². The lowest BCUT2D eigenvalue weighted by Gasteiger charge is -2.32. The van der Waals surface area contributed by atoms with Gasteiger partial charge in [0.15, 0.2) is 0 Å². The summed E-state index contributed by atoms with van der Waals surface area (Å²) in [4.78, 5) is 16.4. The lowest BCUT2D eigenvalue weighted by atomic mass is 10.1. The molecule has 0 aromatic carbocycles. The van der Waals surface area contributed by atoms with Gasteiger partial charge < -0.3 is 9.80 Å². The molecule has 20 heavy (non-hydrogen) atoms. The van der Waals surface area contributed by atoms with Crippen molar-refractivity contribution < 1.29 is 4.79 Å². The fraction of sp³-hybridized carbons (Fsp3) is 0.786. The van der Waals surface area contributed by atoms with Crippen molar-refractivity contribution in [2.45, 2.75) is 52.1 Å². The van der Waals surface area contributed by atoms with E-state index >= 15 is 0 Å². The summed E-state index contributed by atoms with van der Waals surface area (Å²) < 4.78 is 1.92. The van der Waals surface area contributed by atoms with E-state index in [2.05, 4.69) is 24.2 Å². The third-order valence-electron chi connectivity index (χ3n) is 3.99. The number of hydrogen-bond donors (Lipinski definition) is 0. The summed E-state index contributed by atoms with van der Waals surface area (Å²) in [6, 6.07) is 0.785. The Morgan fingerprint density at radius 1 is 1.40 bits per heavy atom. The Kier molecular flexibility index (Phi) is 4.98. The molecule has 1 aromatic rings. The number of urea groups is 1. The molecular formula is C14H25N5O. The van der Waals surface area contributed by atoms with E-state index in [0.29, 0.717) is 6.04 Å². The van der Waals surface area contributed by atoms with E-state index < -0.39 is 0 Å². The van der Waals surface area contributed by atoms with E-state index in [1.165, 1.54) is 0 Å². The van der Waals surface area contributed by atoms with Crippen molar-refractivity contribution in [3.05, 3.63) is 12.4 Å². The summed E-state index contributed by atoms with van der Waals surface area (Å²) >= 11 is 0. The Labute approximate surface area is 120 Å². The van der Waals surface area contributed by atoms with Crippen LogP contribution in [0.15, 0.2) is 12.4 Å². The van der Waals surface area contributed by atoms with E-state index in [4.69, 9.17) is 0 Å². The highest BCUT2D eigenvalue weighted by atomic mass is 16.2. The lowest BCUT2D eigenvalue weighted by molar-refractivity contribution is 0.144. The number of rotatable bonds is 3. The molecule has 0 radical (unpaired) electrons. The molecule has 0 spiro atoms. The van der Waals surface area contributed by atoms with Crippen LogP contribution in [-0.2, 0) is 0 Å². The van der Waals surface area contributed by atoms with Gasteiger partial charge in [-0.1, -0.05) is 5.21 Å². The third-order valence-corrected chi connectivity index (χ3v) is 3.99. The molecule has 1 fully saturated rings. The van der Waals surface area contributed by atoms with Gasteiger partial charge in [-0.15, -0.1) is 5.10 Å². The molecule has 112 valence electrons. The molecule has 2 amide bonds. The highest BCUT2D eigenvalue weighted by Gasteiger charge is 2.25. The number of likely N-dealkylation sites (tertiary alicyclic amines) is 1. The van der Waals surface area contributed by atoms with E-state index in [-0.39, 0.29) is 12.1 Å². The average molecular weight is 279 g/mol. The van der Waals surface area contributed by atoms with Gasteiger partial charge in [0, 0.05) is 31.9 Å². The minimum atomic E-state index is 0.168. The number of aromatic nitrogens is 3. The Hall–Kier alpha value is -1.59. The minimum Gasteiger partial charge on any atom is -0.325 e. The molecular weight excluding hydrogens is 254 g/mol. The summed E-state index contributed by atoms with van der Waals surface area (Å²) in [5, 5.41) is 7.95. The van der Waals surface area contributed by atoms with Crippen LogP contribution in [0.4, 0.5) is 4.79 Å². The predicted octanol–water partition coefficient (Wildman–Crippen LogP) is 2.16. The van der Waals surface area contributed by atoms with Gasteiger partial charge in [0.05, 0.1) is 12.2 Å². The zero-order valence-corrected chi connectivity index (χ0v) is 12.7. The zero-order valence-electron chi connectivity index (χ0n) is 12.7. The summed E-state index contributed by atoms with van der Waals surface area (Å²) in [6.45, 7) is 8.57. The van der Waals surface area contributed by atoms with Gasteiger partial charge in [-0.3, -0.25) is 0 Å². The molecule has 2 heterocycles. The average Bonchev–Trinajstić information content (AvgIpc) is 2.83. The van der Waals surface area contributed by atoms with Crippen molar-refractivity contribution in [1.29, 1.82) is 0 Å². The normalized spacial score (nSPS) is 20.0. The fourth-order valence-electron chi connectivity index (χ4n) is 2.85. The summed E-state index contributed by atoms with van der Waals surface area (Å²) in [5.41, 5.74) is 0. The van der Waals surface area contributed by atoms with Crippen LogP contribution in [0.1, 0.15) is 46.1 Å². The maximum atomic E-state index is 12.5. The largest absolute Gasteiger partial charge is 0.325 e. The molecule has 6 nitrogen and oxygen atoms in total. The second kappa shape index (κ2) is 6.72. The number of hydrogen-bond acceptors (Lipinski definition) is 3. The van der Waals surface area contributed by atoms with E-state index in [1.54, 1.807) is 6.20 Å². The van der Waals surface area contributed by atoms with Gasteiger partial charge >= 0.3 is 6.03 Å². The monoisotopic (exact) mass is 279 g/mol. The molecule has 2 rings (SSSR count). The van der Waals surface area contributed by atoms with Gasteiger partial charge in [-0.2, -0.15) is 0 Å². The first-order valence-electron chi connectivity index (χ1n) is 7.54. The van der Waals surface area contributed by atoms with Crippen LogP contribution in [0.2, 0.25) is 0 Å². The standard InChI is InChI=1S/C14H25N5O/c1-4-18(12(2)3)14(20)17-9-5-6-13(7-10-17)19-11-8-15-16-19/h8,11-13H,4-7,9-10H2,1-3H3. The van der Waals surface area contributed by atoms with E-state index in [9.17, 15) is 4.79 Å². The van der Waals surface area contributed by atoms with Crippen molar-refractivity contribution in [3.63, 3.8) is 0 Å². The molecule has 1 saturated heterocycles. The molecule has 1 unspecified atom stereocenters. The van der Waals surface area contributed by atoms with Crippen molar-refractivity contribution >= 4 is 6.03 Å². The molecule has 1 aliphatic heterocycles. The Bertz CT molecular complexity index is 417. The fourth-order valence-corrected chi connectivity index (χ4v) is 2.85. The second-order valence-corrected chi connectivity index (χ2v) is 5.62. The number of carbonyl (C=O) groups is 1. The van der Waals surface area contributed by atoms with Crippen molar-refractivity contribution in [1.82, 2.24) is 24.8 Å². The summed E-state index contributed by atoms with van der Waals surface area (Å²) in [7, 11) is 0. The number of carbonyl (C=O) groups excluding carboxylic acids is 1. The first-order chi connectivity index (χ1) is 9.63. The van der Waals surface area contributed by atoms with Gasteiger partial charge in [-0.25, -0.2) is 9.48 Å². The molecule has 0 aliphatic carbocycles. The topological polar surface area (TPSA) is 54.3 Å². The van der Waals surface area contributed by atoms with Gasteiger partial charge in [0.1, 0.15) is 0 Å². The molecule has 1 aliphatic rings. The molecule has 0 N–H and O–H groups in total. The van der Waals surface area contributed by atoms with Gasteiger partial charge in [0.2, 0.25) is 0 Å². The molecule has 1 atom stereocenters. The van der Waals surface area contributed by atoms with Crippen molar-refractivity contribution in [2.75, 3.05) is 19.6 Å². The Balaban J connectivity index is 1.97. The highest BCUT2D eigenvalue weighted by molar-refractivity contribution is 5.74. The predicted molar refractivity (Wildman–Crippen MR) is 77.4 cm³/mol. The Morgan fingerprint density at radius 2 is 2.20 bits per heavy atom. The summed E-state index contributed by atoms with van der Waals surface area (Å²) in [6.07, 6.45) is 6.65. The van der Waals surface area contributed by atoms with Crippen LogP contribution < -0.4 is 0 Å². The van der Waals surface area contributed by atoms with Crippen LogP contribution in [0, 0.1) is 0 Å². The van der Waals surface area contributed by atoms with E-state index in [1.807, 2.05) is 27.6 Å². The third kappa shape index (κ3) is 3.29. The molecule has 6 heteroatoms.